The van der Waals surface area contributed by atoms with E-state index in [-0.39, 0.29) is 22.4 Å². The molecule has 0 aromatic heterocycles. The summed E-state index contributed by atoms with van der Waals surface area (Å²) in [6.45, 7) is 8.34. The van der Waals surface area contributed by atoms with Crippen LogP contribution in [-0.4, -0.2) is 16.9 Å². The first-order chi connectivity index (χ1) is 14.7. The molecular formula is C27H29NO2S. The predicted octanol–water partition coefficient (Wildman–Crippen LogP) is 6.48. The number of carbonyl (C=O) groups is 2. The number of hydrogen-bond acceptors (Lipinski definition) is 3. The Morgan fingerprint density at radius 1 is 0.871 bits per heavy atom. The number of ketones is 1. The Balaban J connectivity index is 1.64. The average Bonchev–Trinajstić information content (AvgIpc) is 2.77. The molecule has 3 aromatic rings. The van der Waals surface area contributed by atoms with Crippen molar-refractivity contribution >= 4 is 29.1 Å². The van der Waals surface area contributed by atoms with E-state index in [1.54, 1.807) is 30.0 Å². The minimum Gasteiger partial charge on any atom is -0.325 e. The summed E-state index contributed by atoms with van der Waals surface area (Å²) in [5, 5.41) is 2.74. The Bertz CT molecular complexity index is 1040. The number of amides is 1. The molecule has 0 saturated carbocycles. The highest BCUT2D eigenvalue weighted by Gasteiger charge is 2.17. The van der Waals surface area contributed by atoms with Gasteiger partial charge in [0.2, 0.25) is 5.91 Å². The fourth-order valence-electron chi connectivity index (χ4n) is 3.14. The van der Waals surface area contributed by atoms with Crippen molar-refractivity contribution in [1.82, 2.24) is 0 Å². The van der Waals surface area contributed by atoms with Crippen molar-refractivity contribution in [2.24, 2.45) is 0 Å². The van der Waals surface area contributed by atoms with Gasteiger partial charge in [0.1, 0.15) is 0 Å². The second-order valence-electron chi connectivity index (χ2n) is 8.67. The summed E-state index contributed by atoms with van der Waals surface area (Å²) in [6.07, 6.45) is 0. The van der Waals surface area contributed by atoms with Gasteiger partial charge in [0.25, 0.3) is 0 Å². The maximum absolute atomic E-state index is 12.9. The maximum atomic E-state index is 12.9. The highest BCUT2D eigenvalue weighted by molar-refractivity contribution is 7.99. The Morgan fingerprint density at radius 3 is 2.19 bits per heavy atom. The normalized spacial score (nSPS) is 12.3. The summed E-state index contributed by atoms with van der Waals surface area (Å²) in [6, 6.07) is 25.0. The predicted molar refractivity (Wildman–Crippen MR) is 131 cm³/mol. The molecule has 0 aliphatic heterocycles. The van der Waals surface area contributed by atoms with Gasteiger partial charge >= 0.3 is 0 Å². The third kappa shape index (κ3) is 6.31. The SMILES string of the molecule is CC(SCc1ccccc1)C(=O)Nc1cccc(C(=O)c2ccc(C(C)(C)C)cc2)c1. The summed E-state index contributed by atoms with van der Waals surface area (Å²) >= 11 is 1.59. The number of nitrogens with one attached hydrogen (secondary N) is 1. The molecule has 0 radical (unpaired) electrons. The molecular weight excluding hydrogens is 402 g/mol. The molecule has 0 spiro atoms. The van der Waals surface area contributed by atoms with Crippen molar-refractivity contribution in [3.8, 4) is 0 Å². The molecule has 0 aliphatic carbocycles. The van der Waals surface area contributed by atoms with E-state index < -0.39 is 0 Å². The summed E-state index contributed by atoms with van der Waals surface area (Å²) in [7, 11) is 0. The Hall–Kier alpha value is -2.85. The van der Waals surface area contributed by atoms with Gasteiger partial charge < -0.3 is 5.32 Å². The molecule has 1 N–H and O–H groups in total. The van der Waals surface area contributed by atoms with Crippen molar-refractivity contribution < 1.29 is 9.59 Å². The first-order valence-electron chi connectivity index (χ1n) is 10.5. The first-order valence-corrected chi connectivity index (χ1v) is 11.5. The van der Waals surface area contributed by atoms with E-state index in [1.165, 1.54) is 11.1 Å². The van der Waals surface area contributed by atoms with Crippen LogP contribution in [0.2, 0.25) is 0 Å². The van der Waals surface area contributed by atoms with E-state index in [0.717, 1.165) is 5.75 Å². The van der Waals surface area contributed by atoms with Crippen LogP contribution in [0.1, 0.15) is 54.7 Å². The van der Waals surface area contributed by atoms with Crippen LogP contribution < -0.4 is 5.32 Å². The molecule has 1 amide bonds. The Morgan fingerprint density at radius 2 is 1.55 bits per heavy atom. The summed E-state index contributed by atoms with van der Waals surface area (Å²) in [5.41, 5.74) is 4.26. The first kappa shape index (κ1) is 22.8. The molecule has 3 rings (SSSR count). The van der Waals surface area contributed by atoms with Crippen LogP contribution in [0.15, 0.2) is 78.9 Å². The van der Waals surface area contributed by atoms with Crippen molar-refractivity contribution in [2.45, 2.75) is 44.1 Å². The van der Waals surface area contributed by atoms with E-state index >= 15 is 0 Å². The smallest absolute Gasteiger partial charge is 0.237 e. The van der Waals surface area contributed by atoms with Crippen LogP contribution in [0.25, 0.3) is 0 Å². The molecule has 0 fully saturated rings. The quantitative estimate of drug-likeness (QED) is 0.436. The molecule has 1 atom stereocenters. The van der Waals surface area contributed by atoms with Crippen molar-refractivity contribution in [3.05, 3.63) is 101 Å². The zero-order chi connectivity index (χ0) is 22.4. The highest BCUT2D eigenvalue weighted by atomic mass is 32.2. The zero-order valence-electron chi connectivity index (χ0n) is 18.5. The number of carbonyl (C=O) groups excluding carboxylic acids is 2. The molecule has 0 bridgehead atoms. The van der Waals surface area contributed by atoms with Gasteiger partial charge in [-0.1, -0.05) is 87.5 Å². The number of thioether (sulfide) groups is 1. The molecule has 0 aliphatic rings. The van der Waals surface area contributed by atoms with Crippen LogP contribution in [-0.2, 0) is 16.0 Å². The largest absolute Gasteiger partial charge is 0.325 e. The van der Waals surface area contributed by atoms with Crippen molar-refractivity contribution in [3.63, 3.8) is 0 Å². The molecule has 0 heterocycles. The summed E-state index contributed by atoms with van der Waals surface area (Å²) < 4.78 is 0. The van der Waals surface area contributed by atoms with Gasteiger partial charge in [0.05, 0.1) is 5.25 Å². The van der Waals surface area contributed by atoms with Gasteiger partial charge in [0, 0.05) is 22.6 Å². The highest BCUT2D eigenvalue weighted by Crippen LogP contribution is 2.24. The molecule has 0 saturated heterocycles. The van der Waals surface area contributed by atoms with Crippen LogP contribution in [0.5, 0.6) is 0 Å². The van der Waals surface area contributed by atoms with E-state index in [1.807, 2.05) is 55.5 Å². The monoisotopic (exact) mass is 431 g/mol. The van der Waals surface area contributed by atoms with Crippen LogP contribution in [0, 0.1) is 0 Å². The lowest BCUT2D eigenvalue weighted by Crippen LogP contribution is -2.22. The topological polar surface area (TPSA) is 46.2 Å². The number of anilines is 1. The molecule has 31 heavy (non-hydrogen) atoms. The van der Waals surface area contributed by atoms with E-state index in [4.69, 9.17) is 0 Å². The Kier molecular flexibility index (Phi) is 7.34. The summed E-state index contributed by atoms with van der Waals surface area (Å²) in [5.74, 6) is 0.654. The summed E-state index contributed by atoms with van der Waals surface area (Å²) in [4.78, 5) is 25.5. The van der Waals surface area contributed by atoms with Crippen LogP contribution in [0.3, 0.4) is 0 Å². The number of rotatable bonds is 7. The fraction of sp³-hybridized carbons (Fsp3) is 0.259. The lowest BCUT2D eigenvalue weighted by atomic mass is 9.86. The number of hydrogen-bond donors (Lipinski definition) is 1. The minimum absolute atomic E-state index is 0.0427. The van der Waals surface area contributed by atoms with E-state index in [9.17, 15) is 9.59 Å². The molecule has 1 unspecified atom stereocenters. The lowest BCUT2D eigenvalue weighted by Gasteiger charge is -2.19. The third-order valence-electron chi connectivity index (χ3n) is 5.12. The molecule has 4 heteroatoms. The Labute approximate surface area is 189 Å². The van der Waals surface area contributed by atoms with Gasteiger partial charge in [0.15, 0.2) is 5.78 Å². The molecule has 3 aromatic carbocycles. The van der Waals surface area contributed by atoms with E-state index in [0.29, 0.717) is 16.8 Å². The standard InChI is InChI=1S/C27H29NO2S/c1-19(31-18-20-9-6-5-7-10-20)26(30)28-24-12-8-11-22(17-24)25(29)21-13-15-23(16-14-21)27(2,3)4/h5-17,19H,18H2,1-4H3,(H,28,30). The average molecular weight is 432 g/mol. The maximum Gasteiger partial charge on any atom is 0.237 e. The van der Waals surface area contributed by atoms with Crippen LogP contribution >= 0.6 is 11.8 Å². The van der Waals surface area contributed by atoms with Gasteiger partial charge in [-0.25, -0.2) is 0 Å². The van der Waals surface area contributed by atoms with E-state index in [2.05, 4.69) is 38.2 Å². The minimum atomic E-state index is -0.204. The van der Waals surface area contributed by atoms with Gasteiger partial charge in [-0.2, -0.15) is 0 Å². The van der Waals surface area contributed by atoms with Crippen molar-refractivity contribution in [1.29, 1.82) is 0 Å². The second-order valence-corrected chi connectivity index (χ2v) is 9.99. The molecule has 3 nitrogen and oxygen atoms in total. The molecule has 160 valence electrons. The zero-order valence-corrected chi connectivity index (χ0v) is 19.3. The second kappa shape index (κ2) is 9.97. The lowest BCUT2D eigenvalue weighted by molar-refractivity contribution is -0.115. The van der Waals surface area contributed by atoms with Crippen molar-refractivity contribution in [2.75, 3.05) is 5.32 Å². The van der Waals surface area contributed by atoms with Gasteiger partial charge in [-0.05, 0) is 35.6 Å². The van der Waals surface area contributed by atoms with Gasteiger partial charge in [-0.15, -0.1) is 11.8 Å². The number of benzene rings is 3. The van der Waals surface area contributed by atoms with Gasteiger partial charge in [-0.3, -0.25) is 9.59 Å². The third-order valence-corrected chi connectivity index (χ3v) is 6.33. The van der Waals surface area contributed by atoms with Crippen LogP contribution in [0.4, 0.5) is 5.69 Å². The fourth-order valence-corrected chi connectivity index (χ4v) is 3.99.